The average Bonchev–Trinajstić information content (AvgIpc) is 2.36. The van der Waals surface area contributed by atoms with E-state index in [4.69, 9.17) is 11.5 Å². The minimum absolute atomic E-state index is 0.0591. The summed E-state index contributed by atoms with van der Waals surface area (Å²) in [5.41, 5.74) is -0.0101. The Morgan fingerprint density at radius 1 is 1.63 bits per heavy atom. The lowest BCUT2D eigenvalue weighted by Crippen LogP contribution is -2.30. The van der Waals surface area contributed by atoms with E-state index in [1.165, 1.54) is 6.20 Å². The monoisotopic (exact) mass is 263 g/mol. The number of aromatic carboxylic acids is 1. The van der Waals surface area contributed by atoms with Crippen molar-refractivity contribution in [2.75, 3.05) is 18.5 Å². The number of nitrogens with one attached hydrogen (secondary N) is 1. The zero-order valence-corrected chi connectivity index (χ0v) is 11.0. The molecule has 0 radical (unpaired) electrons. The number of aryl methyl sites for hydroxylation is 1. The number of carboxylic acid groups (broad SMARTS) is 1. The normalized spacial score (nSPS) is 13.4. The fraction of sp³-hybridized carbons (Fsp3) is 0.462. The highest BCUT2D eigenvalue weighted by Crippen LogP contribution is 2.20. The van der Waals surface area contributed by atoms with Gasteiger partial charge in [-0.1, -0.05) is 6.92 Å². The van der Waals surface area contributed by atoms with Gasteiger partial charge in [-0.3, -0.25) is 0 Å². The molecule has 1 unspecified atom stereocenters. The van der Waals surface area contributed by atoms with Crippen LogP contribution >= 0.6 is 0 Å². The van der Waals surface area contributed by atoms with E-state index in [0.717, 1.165) is 0 Å². The van der Waals surface area contributed by atoms with E-state index in [-0.39, 0.29) is 12.2 Å². The van der Waals surface area contributed by atoms with Gasteiger partial charge in [0, 0.05) is 24.6 Å². The van der Waals surface area contributed by atoms with Crippen LogP contribution in [0.1, 0.15) is 29.4 Å². The molecule has 0 spiro atoms. The highest BCUT2D eigenvalue weighted by molar-refractivity contribution is 5.88. The number of hydrogen-bond donors (Lipinski definition) is 3. The number of hydrogen-bond acceptors (Lipinski definition) is 5. The second-order valence-corrected chi connectivity index (χ2v) is 4.70. The van der Waals surface area contributed by atoms with E-state index in [1.54, 1.807) is 6.92 Å². The maximum atomic E-state index is 10.8. The number of carboxylic acids is 1. The molecule has 1 heterocycles. The lowest BCUT2D eigenvalue weighted by molar-refractivity contribution is 0.0695. The predicted molar refractivity (Wildman–Crippen MR) is 70.9 cm³/mol. The molecule has 0 saturated carbocycles. The first kappa shape index (κ1) is 14.9. The number of aliphatic hydroxyl groups is 1. The lowest BCUT2D eigenvalue weighted by Gasteiger charge is -2.25. The molecule has 6 heteroatoms. The zero-order chi connectivity index (χ0) is 14.5. The van der Waals surface area contributed by atoms with Gasteiger partial charge >= 0.3 is 5.97 Å². The Bertz CT molecular complexity index is 510. The first-order valence-corrected chi connectivity index (χ1v) is 5.77. The molecule has 1 aromatic heterocycles. The van der Waals surface area contributed by atoms with Crippen LogP contribution in [0.5, 0.6) is 0 Å². The van der Waals surface area contributed by atoms with Gasteiger partial charge < -0.3 is 15.5 Å². The molecule has 0 aromatic carbocycles. The Balaban J connectivity index is 2.76. The number of terminal acetylenes is 1. The third-order valence-corrected chi connectivity index (χ3v) is 2.79. The second-order valence-electron chi connectivity index (χ2n) is 4.70. The molecule has 1 rings (SSSR count). The van der Waals surface area contributed by atoms with Gasteiger partial charge in [0.2, 0.25) is 5.95 Å². The minimum Gasteiger partial charge on any atom is -0.478 e. The number of carbonyl (C=O) groups is 1. The Morgan fingerprint density at radius 2 is 2.32 bits per heavy atom. The molecule has 0 fully saturated rings. The largest absolute Gasteiger partial charge is 0.478 e. The van der Waals surface area contributed by atoms with Crippen molar-refractivity contribution in [3.05, 3.63) is 17.5 Å². The van der Waals surface area contributed by atoms with Gasteiger partial charge in [-0.25, -0.2) is 14.8 Å². The average molecular weight is 263 g/mol. The number of anilines is 1. The minimum atomic E-state index is -1.06. The van der Waals surface area contributed by atoms with E-state index in [2.05, 4.69) is 21.2 Å². The molecule has 19 heavy (non-hydrogen) atoms. The van der Waals surface area contributed by atoms with Crippen LogP contribution in [0.15, 0.2) is 6.20 Å². The van der Waals surface area contributed by atoms with Crippen LogP contribution in [0.3, 0.4) is 0 Å². The quantitative estimate of drug-likeness (QED) is 0.660. The smallest absolute Gasteiger partial charge is 0.339 e. The maximum Gasteiger partial charge on any atom is 0.339 e. The molecule has 102 valence electrons. The molecule has 0 amide bonds. The van der Waals surface area contributed by atoms with Crippen molar-refractivity contribution < 1.29 is 15.0 Å². The summed E-state index contributed by atoms with van der Waals surface area (Å²) in [5, 5.41) is 21.1. The van der Waals surface area contributed by atoms with Gasteiger partial charge in [0.25, 0.3) is 0 Å². The first-order valence-electron chi connectivity index (χ1n) is 5.77. The second kappa shape index (κ2) is 6.16. The molecule has 1 atom stereocenters. The topological polar surface area (TPSA) is 95.3 Å². The molecule has 0 aliphatic heterocycles. The summed E-state index contributed by atoms with van der Waals surface area (Å²) in [4.78, 5) is 18.8. The van der Waals surface area contributed by atoms with Crippen LogP contribution in [0.2, 0.25) is 0 Å². The highest BCUT2D eigenvalue weighted by Gasteiger charge is 2.22. The van der Waals surface area contributed by atoms with Crippen LogP contribution < -0.4 is 5.32 Å². The third-order valence-electron chi connectivity index (χ3n) is 2.79. The molecular weight excluding hydrogens is 246 g/mol. The maximum absolute atomic E-state index is 10.8. The van der Waals surface area contributed by atoms with Crippen molar-refractivity contribution in [2.45, 2.75) is 20.3 Å². The van der Waals surface area contributed by atoms with Crippen molar-refractivity contribution in [1.82, 2.24) is 9.97 Å². The molecule has 6 nitrogen and oxygen atoms in total. The van der Waals surface area contributed by atoms with E-state index >= 15 is 0 Å². The number of aliphatic hydroxyl groups excluding tert-OH is 1. The summed E-state index contributed by atoms with van der Waals surface area (Å²) < 4.78 is 0. The van der Waals surface area contributed by atoms with Gasteiger partial charge in [0.15, 0.2) is 0 Å². The van der Waals surface area contributed by atoms with Crippen molar-refractivity contribution in [1.29, 1.82) is 0 Å². The van der Waals surface area contributed by atoms with Crippen LogP contribution in [0, 0.1) is 24.7 Å². The van der Waals surface area contributed by atoms with Crippen molar-refractivity contribution in [3.8, 4) is 12.3 Å². The van der Waals surface area contributed by atoms with Crippen LogP contribution in [0.25, 0.3) is 0 Å². The fourth-order valence-electron chi connectivity index (χ4n) is 1.48. The van der Waals surface area contributed by atoms with Crippen LogP contribution in [0.4, 0.5) is 5.95 Å². The van der Waals surface area contributed by atoms with Crippen molar-refractivity contribution >= 4 is 11.9 Å². The zero-order valence-electron chi connectivity index (χ0n) is 11.0. The third kappa shape index (κ3) is 3.93. The van der Waals surface area contributed by atoms with E-state index in [0.29, 0.717) is 24.6 Å². The highest BCUT2D eigenvalue weighted by atomic mass is 16.4. The van der Waals surface area contributed by atoms with Gasteiger partial charge in [0.1, 0.15) is 0 Å². The number of rotatable bonds is 6. The molecule has 0 aliphatic carbocycles. The Morgan fingerprint density at radius 3 is 2.79 bits per heavy atom. The van der Waals surface area contributed by atoms with Gasteiger partial charge in [-0.2, -0.15) is 0 Å². The van der Waals surface area contributed by atoms with Crippen molar-refractivity contribution in [2.24, 2.45) is 5.41 Å². The Hall–Kier alpha value is -2.13. The Labute approximate surface area is 111 Å². The van der Waals surface area contributed by atoms with Gasteiger partial charge in [0.05, 0.1) is 17.9 Å². The first-order chi connectivity index (χ1) is 8.91. The summed E-state index contributed by atoms with van der Waals surface area (Å²) in [6.45, 7) is 3.79. The van der Waals surface area contributed by atoms with E-state index in [9.17, 15) is 9.90 Å². The fourth-order valence-corrected chi connectivity index (χ4v) is 1.48. The van der Waals surface area contributed by atoms with Gasteiger partial charge in [-0.05, 0) is 6.92 Å². The van der Waals surface area contributed by atoms with E-state index < -0.39 is 11.4 Å². The Kier molecular flexibility index (Phi) is 4.84. The molecule has 0 bridgehead atoms. The van der Waals surface area contributed by atoms with E-state index in [1.807, 2.05) is 6.92 Å². The molecule has 1 aromatic rings. The summed E-state index contributed by atoms with van der Waals surface area (Å²) in [7, 11) is 0. The van der Waals surface area contributed by atoms with Crippen LogP contribution in [-0.4, -0.2) is 39.3 Å². The molecule has 0 saturated heterocycles. The molecule has 3 N–H and O–H groups in total. The van der Waals surface area contributed by atoms with Crippen molar-refractivity contribution in [3.63, 3.8) is 0 Å². The summed E-state index contributed by atoms with van der Waals surface area (Å²) in [6, 6.07) is 0. The standard InChI is InChI=1S/C13H17N3O3/c1-4-5-13(3,8-17)7-15-12-14-6-10(11(18)19)9(2)16-12/h1,6,17H,5,7-8H2,2-3H3,(H,18,19)(H,14,15,16). The van der Waals surface area contributed by atoms with Gasteiger partial charge in [-0.15, -0.1) is 12.3 Å². The lowest BCUT2D eigenvalue weighted by atomic mass is 9.88. The SMILES string of the molecule is C#CCC(C)(CO)CNc1ncc(C(=O)O)c(C)n1. The molecular formula is C13H17N3O3. The van der Waals surface area contributed by atoms with Crippen LogP contribution in [-0.2, 0) is 0 Å². The molecule has 0 aliphatic rings. The summed E-state index contributed by atoms with van der Waals surface area (Å²) in [5.74, 6) is 1.77. The predicted octanol–water partition coefficient (Wildman–Crippen LogP) is 0.917. The summed E-state index contributed by atoms with van der Waals surface area (Å²) in [6.07, 6.45) is 6.92. The summed E-state index contributed by atoms with van der Waals surface area (Å²) >= 11 is 0. The number of nitrogens with zero attached hydrogens (tertiary/aromatic N) is 2. The number of aromatic nitrogens is 2.